The fourth-order valence-corrected chi connectivity index (χ4v) is 3.32. The highest BCUT2D eigenvalue weighted by atomic mass is 19.1. The Balaban J connectivity index is 1.42. The van der Waals surface area contributed by atoms with Crippen molar-refractivity contribution in [2.75, 3.05) is 13.1 Å². The van der Waals surface area contributed by atoms with E-state index >= 15 is 0 Å². The third-order valence-corrected chi connectivity index (χ3v) is 4.92. The van der Waals surface area contributed by atoms with E-state index in [-0.39, 0.29) is 23.3 Å². The molecule has 1 atom stereocenters. The van der Waals surface area contributed by atoms with E-state index in [1.165, 1.54) is 17.2 Å². The van der Waals surface area contributed by atoms with E-state index in [0.717, 1.165) is 6.42 Å². The number of carbonyl (C=O) groups is 1. The summed E-state index contributed by atoms with van der Waals surface area (Å²) in [5.74, 6) is 0.159. The van der Waals surface area contributed by atoms with Crippen LogP contribution >= 0.6 is 0 Å². The van der Waals surface area contributed by atoms with E-state index < -0.39 is 5.82 Å². The first-order chi connectivity index (χ1) is 13.1. The monoisotopic (exact) mass is 365 g/mol. The molecule has 27 heavy (non-hydrogen) atoms. The van der Waals surface area contributed by atoms with Gasteiger partial charge < -0.3 is 9.42 Å². The second-order valence-corrected chi connectivity index (χ2v) is 6.91. The van der Waals surface area contributed by atoms with Crippen LogP contribution in [0.1, 0.15) is 29.3 Å². The molecule has 4 rings (SSSR count). The Labute approximate surface area is 156 Å². The number of rotatable bonds is 5. The first-order valence-corrected chi connectivity index (χ1v) is 9.02. The summed E-state index contributed by atoms with van der Waals surface area (Å²) in [5, 5.41) is 3.98. The van der Waals surface area contributed by atoms with Crippen LogP contribution in [0.25, 0.3) is 11.5 Å². The Bertz CT molecular complexity index is 952. The Morgan fingerprint density at radius 3 is 2.74 bits per heavy atom. The van der Waals surface area contributed by atoms with Crippen LogP contribution in [0.15, 0.2) is 53.1 Å². The molecular formula is C21H20FN3O2. The molecule has 1 aliphatic rings. The van der Waals surface area contributed by atoms with E-state index in [0.29, 0.717) is 25.3 Å². The summed E-state index contributed by atoms with van der Waals surface area (Å²) in [6, 6.07) is 14.6. The number of amides is 1. The van der Waals surface area contributed by atoms with Gasteiger partial charge in [-0.15, -0.1) is 0 Å². The molecule has 0 bridgehead atoms. The molecule has 2 heterocycles. The molecule has 0 saturated carbocycles. The van der Waals surface area contributed by atoms with Gasteiger partial charge in [-0.1, -0.05) is 47.1 Å². The lowest BCUT2D eigenvalue weighted by atomic mass is 10.1. The van der Waals surface area contributed by atoms with Gasteiger partial charge >= 0.3 is 0 Å². The molecule has 1 unspecified atom stereocenters. The molecule has 3 aromatic rings. The van der Waals surface area contributed by atoms with Crippen molar-refractivity contribution in [1.82, 2.24) is 15.0 Å². The molecule has 1 aromatic heterocycles. The average Bonchev–Trinajstić information content (AvgIpc) is 3.29. The molecule has 138 valence electrons. The van der Waals surface area contributed by atoms with Gasteiger partial charge in [-0.2, -0.15) is 4.98 Å². The molecule has 1 aliphatic heterocycles. The van der Waals surface area contributed by atoms with Gasteiger partial charge in [0.2, 0.25) is 5.91 Å². The topological polar surface area (TPSA) is 59.2 Å². The third kappa shape index (κ3) is 3.74. The maximum Gasteiger partial charge on any atom is 0.260 e. The zero-order chi connectivity index (χ0) is 18.8. The fraction of sp³-hybridized carbons (Fsp3) is 0.286. The highest BCUT2D eigenvalue weighted by molar-refractivity contribution is 5.79. The molecule has 0 radical (unpaired) electrons. The van der Waals surface area contributed by atoms with Gasteiger partial charge in [0.05, 0.1) is 5.56 Å². The number of aromatic nitrogens is 2. The van der Waals surface area contributed by atoms with Crippen molar-refractivity contribution >= 4 is 5.91 Å². The summed E-state index contributed by atoms with van der Waals surface area (Å²) < 4.78 is 19.1. The minimum Gasteiger partial charge on any atom is -0.342 e. The highest BCUT2D eigenvalue weighted by Gasteiger charge is 2.33. The van der Waals surface area contributed by atoms with Crippen molar-refractivity contribution in [2.45, 2.75) is 25.7 Å². The van der Waals surface area contributed by atoms with Crippen molar-refractivity contribution in [1.29, 1.82) is 0 Å². The minimum absolute atomic E-state index is 0.0874. The number of hydrogen-bond acceptors (Lipinski definition) is 4. The molecule has 1 fully saturated rings. The van der Waals surface area contributed by atoms with Crippen molar-refractivity contribution < 1.29 is 13.7 Å². The van der Waals surface area contributed by atoms with E-state index in [4.69, 9.17) is 4.52 Å². The molecule has 0 aliphatic carbocycles. The summed E-state index contributed by atoms with van der Waals surface area (Å²) in [4.78, 5) is 18.5. The number of aryl methyl sites for hydroxylation is 1. The Morgan fingerprint density at radius 1 is 1.19 bits per heavy atom. The quantitative estimate of drug-likeness (QED) is 0.691. The van der Waals surface area contributed by atoms with Gasteiger partial charge in [-0.25, -0.2) is 4.39 Å². The number of benzene rings is 2. The van der Waals surface area contributed by atoms with Gasteiger partial charge in [0, 0.05) is 25.4 Å². The van der Waals surface area contributed by atoms with Crippen LogP contribution in [0.5, 0.6) is 0 Å². The van der Waals surface area contributed by atoms with Crippen LogP contribution in [-0.4, -0.2) is 34.0 Å². The number of nitrogens with zero attached hydrogens (tertiary/aromatic N) is 3. The lowest BCUT2D eigenvalue weighted by molar-refractivity contribution is -0.127. The molecule has 0 N–H and O–H groups in total. The molecule has 1 amide bonds. The van der Waals surface area contributed by atoms with Gasteiger partial charge in [-0.3, -0.25) is 4.79 Å². The molecule has 5 nitrogen and oxygen atoms in total. The maximum absolute atomic E-state index is 13.9. The molecular weight excluding hydrogens is 345 g/mol. The smallest absolute Gasteiger partial charge is 0.260 e. The lowest BCUT2D eigenvalue weighted by Crippen LogP contribution is -2.27. The van der Waals surface area contributed by atoms with Crippen LogP contribution in [0, 0.1) is 12.7 Å². The summed E-state index contributed by atoms with van der Waals surface area (Å²) >= 11 is 0. The SMILES string of the molecule is Cc1ccc(CCN2CC(c3noc(-c4ccccc4F)n3)CC2=O)cc1. The van der Waals surface area contributed by atoms with Crippen LogP contribution < -0.4 is 0 Å². The number of carbonyl (C=O) groups excluding carboxylic acids is 1. The average molecular weight is 365 g/mol. The minimum atomic E-state index is -0.407. The summed E-state index contributed by atoms with van der Waals surface area (Å²) in [5.41, 5.74) is 2.70. The molecule has 2 aromatic carbocycles. The third-order valence-electron chi connectivity index (χ3n) is 4.92. The maximum atomic E-state index is 13.9. The first kappa shape index (κ1) is 17.4. The van der Waals surface area contributed by atoms with E-state index in [9.17, 15) is 9.18 Å². The lowest BCUT2D eigenvalue weighted by Gasteiger charge is -2.16. The van der Waals surface area contributed by atoms with E-state index in [2.05, 4.69) is 41.3 Å². The van der Waals surface area contributed by atoms with E-state index in [1.54, 1.807) is 18.2 Å². The van der Waals surface area contributed by atoms with Crippen LogP contribution in [0.3, 0.4) is 0 Å². The first-order valence-electron chi connectivity index (χ1n) is 9.02. The highest BCUT2D eigenvalue weighted by Crippen LogP contribution is 2.29. The standard InChI is InChI=1S/C21H20FN3O2/c1-14-6-8-15(9-7-14)10-11-25-13-16(12-19(25)26)20-23-21(27-24-20)17-4-2-3-5-18(17)22/h2-9,16H,10-13H2,1H3. The van der Waals surface area contributed by atoms with Crippen molar-refractivity contribution in [2.24, 2.45) is 0 Å². The predicted octanol–water partition coefficient (Wildman–Crippen LogP) is 3.74. The largest absolute Gasteiger partial charge is 0.342 e. The number of hydrogen-bond donors (Lipinski definition) is 0. The van der Waals surface area contributed by atoms with Gasteiger partial charge in [0.15, 0.2) is 5.82 Å². The Kier molecular flexibility index (Phi) is 4.71. The summed E-state index contributed by atoms with van der Waals surface area (Å²) in [7, 11) is 0. The molecule has 6 heteroatoms. The summed E-state index contributed by atoms with van der Waals surface area (Å²) in [6.45, 7) is 3.27. The van der Waals surface area contributed by atoms with Gasteiger partial charge in [-0.05, 0) is 31.0 Å². The Morgan fingerprint density at radius 2 is 1.96 bits per heavy atom. The van der Waals surface area contributed by atoms with Crippen LogP contribution in [0.4, 0.5) is 4.39 Å². The van der Waals surface area contributed by atoms with E-state index in [1.807, 2.05) is 4.90 Å². The second-order valence-electron chi connectivity index (χ2n) is 6.91. The summed E-state index contributed by atoms with van der Waals surface area (Å²) in [6.07, 6.45) is 1.16. The normalized spacial score (nSPS) is 16.9. The van der Waals surface area contributed by atoms with Crippen molar-refractivity contribution in [3.05, 3.63) is 71.3 Å². The molecule has 0 spiro atoms. The van der Waals surface area contributed by atoms with Crippen molar-refractivity contribution in [3.63, 3.8) is 0 Å². The zero-order valence-electron chi connectivity index (χ0n) is 15.1. The van der Waals surface area contributed by atoms with Crippen LogP contribution in [0.2, 0.25) is 0 Å². The van der Waals surface area contributed by atoms with Gasteiger partial charge in [0.1, 0.15) is 5.82 Å². The second kappa shape index (κ2) is 7.31. The van der Waals surface area contributed by atoms with Gasteiger partial charge in [0.25, 0.3) is 5.89 Å². The molecule has 1 saturated heterocycles. The zero-order valence-corrected chi connectivity index (χ0v) is 15.1. The van der Waals surface area contributed by atoms with Crippen LogP contribution in [-0.2, 0) is 11.2 Å². The Hall–Kier alpha value is -3.02. The number of halogens is 1. The van der Waals surface area contributed by atoms with Crippen molar-refractivity contribution in [3.8, 4) is 11.5 Å². The fourth-order valence-electron chi connectivity index (χ4n) is 3.32. The number of likely N-dealkylation sites (tertiary alicyclic amines) is 1. The predicted molar refractivity (Wildman–Crippen MR) is 98.5 cm³/mol.